The molecule has 0 bridgehead atoms. The minimum absolute atomic E-state index is 0.228. The number of carbonyl (C=O) groups is 1. The van der Waals surface area contributed by atoms with Crippen LogP contribution in [0.5, 0.6) is 0 Å². The van der Waals surface area contributed by atoms with Crippen LogP contribution < -0.4 is 5.73 Å². The van der Waals surface area contributed by atoms with Crippen molar-refractivity contribution in [2.75, 3.05) is 0 Å². The fraction of sp³-hybridized carbons (Fsp3) is 0.833. The van der Waals surface area contributed by atoms with Crippen molar-refractivity contribution in [3.05, 3.63) is 0 Å². The molecule has 1 aliphatic carbocycles. The predicted octanol–water partition coefficient (Wildman–Crippen LogP) is -0.687. The second-order valence-electron chi connectivity index (χ2n) is 2.82. The lowest BCUT2D eigenvalue weighted by Crippen LogP contribution is -2.57. The highest BCUT2D eigenvalue weighted by Gasteiger charge is 2.44. The van der Waals surface area contributed by atoms with E-state index in [1.807, 2.05) is 0 Å². The summed E-state index contributed by atoms with van der Waals surface area (Å²) in [7, 11) is 0. The summed E-state index contributed by atoms with van der Waals surface area (Å²) in [5.41, 5.74) is 4.27. The molecule has 0 aromatic rings. The average molecular weight is 145 g/mol. The van der Waals surface area contributed by atoms with Crippen LogP contribution in [0.25, 0.3) is 0 Å². The Morgan fingerprint density at radius 3 is 2.50 bits per heavy atom. The lowest BCUT2D eigenvalue weighted by Gasteiger charge is -2.41. The number of carboxylic acid groups (broad SMARTS) is 1. The quantitative estimate of drug-likeness (QED) is 0.480. The molecule has 1 rings (SSSR count). The molecule has 1 aliphatic rings. The van der Waals surface area contributed by atoms with Gasteiger partial charge in [-0.05, 0) is 12.8 Å². The number of aliphatic carboxylic acids is 1. The highest BCUT2D eigenvalue weighted by Crippen LogP contribution is 2.33. The smallest absolute Gasteiger partial charge is 0.306 e. The second-order valence-corrected chi connectivity index (χ2v) is 2.82. The van der Waals surface area contributed by atoms with E-state index in [4.69, 9.17) is 10.8 Å². The van der Waals surface area contributed by atoms with E-state index >= 15 is 0 Å². The number of nitrogens with two attached hydrogens (primary N) is 1. The van der Waals surface area contributed by atoms with E-state index in [0.29, 0.717) is 6.42 Å². The van der Waals surface area contributed by atoms with Crippen LogP contribution >= 0.6 is 0 Å². The number of aliphatic hydroxyl groups is 1. The van der Waals surface area contributed by atoms with Gasteiger partial charge in [0.25, 0.3) is 0 Å². The summed E-state index contributed by atoms with van der Waals surface area (Å²) in [6.07, 6.45) is 1.01. The van der Waals surface area contributed by atoms with Crippen LogP contribution in [0, 0.1) is 0 Å². The van der Waals surface area contributed by atoms with Crippen LogP contribution in [-0.4, -0.2) is 27.8 Å². The molecule has 1 saturated carbocycles. The van der Waals surface area contributed by atoms with Crippen LogP contribution in [0.2, 0.25) is 0 Å². The Morgan fingerprint density at radius 2 is 2.40 bits per heavy atom. The van der Waals surface area contributed by atoms with E-state index in [0.717, 1.165) is 6.42 Å². The number of rotatable bonds is 2. The third kappa shape index (κ3) is 1.12. The SMILES string of the molecule is N[C@@H]1CC[C@@]1(O)CC(=O)O. The molecule has 0 aromatic carbocycles. The highest BCUT2D eigenvalue weighted by atomic mass is 16.4. The molecule has 0 heterocycles. The molecule has 4 nitrogen and oxygen atoms in total. The maximum atomic E-state index is 10.1. The van der Waals surface area contributed by atoms with Crippen molar-refractivity contribution in [2.45, 2.75) is 30.9 Å². The molecule has 0 unspecified atom stereocenters. The Bertz CT molecular complexity index is 159. The van der Waals surface area contributed by atoms with Crippen molar-refractivity contribution in [3.63, 3.8) is 0 Å². The molecule has 0 aliphatic heterocycles. The fourth-order valence-electron chi connectivity index (χ4n) is 1.13. The second kappa shape index (κ2) is 2.21. The van der Waals surface area contributed by atoms with Gasteiger partial charge in [0, 0.05) is 6.04 Å². The third-order valence-corrected chi connectivity index (χ3v) is 2.04. The van der Waals surface area contributed by atoms with Crippen LogP contribution in [-0.2, 0) is 4.79 Å². The van der Waals surface area contributed by atoms with Gasteiger partial charge in [0.15, 0.2) is 0 Å². The van der Waals surface area contributed by atoms with E-state index < -0.39 is 11.6 Å². The molecule has 0 amide bonds. The van der Waals surface area contributed by atoms with Gasteiger partial charge < -0.3 is 15.9 Å². The van der Waals surface area contributed by atoms with E-state index in [1.54, 1.807) is 0 Å². The Morgan fingerprint density at radius 1 is 1.80 bits per heavy atom. The third-order valence-electron chi connectivity index (χ3n) is 2.04. The molecule has 4 N–H and O–H groups in total. The first kappa shape index (κ1) is 7.50. The lowest BCUT2D eigenvalue weighted by molar-refractivity contribution is -0.148. The van der Waals surface area contributed by atoms with Gasteiger partial charge in [-0.1, -0.05) is 0 Å². The summed E-state index contributed by atoms with van der Waals surface area (Å²) >= 11 is 0. The van der Waals surface area contributed by atoms with Gasteiger partial charge in [0.1, 0.15) is 0 Å². The molecule has 4 heteroatoms. The van der Waals surface area contributed by atoms with Gasteiger partial charge in [0.05, 0.1) is 12.0 Å². The number of carboxylic acids is 1. The van der Waals surface area contributed by atoms with Gasteiger partial charge >= 0.3 is 5.97 Å². The maximum Gasteiger partial charge on any atom is 0.306 e. The highest BCUT2D eigenvalue weighted by molar-refractivity contribution is 5.68. The van der Waals surface area contributed by atoms with Gasteiger partial charge in [-0.3, -0.25) is 4.79 Å². The predicted molar refractivity (Wildman–Crippen MR) is 34.4 cm³/mol. The molecule has 0 spiro atoms. The van der Waals surface area contributed by atoms with Crippen LogP contribution in [0.4, 0.5) is 0 Å². The first-order valence-electron chi connectivity index (χ1n) is 3.24. The maximum absolute atomic E-state index is 10.1. The summed E-state index contributed by atoms with van der Waals surface area (Å²) < 4.78 is 0. The lowest BCUT2D eigenvalue weighted by atomic mass is 9.73. The van der Waals surface area contributed by atoms with E-state index in [1.165, 1.54) is 0 Å². The van der Waals surface area contributed by atoms with Crippen molar-refractivity contribution < 1.29 is 15.0 Å². The summed E-state index contributed by atoms with van der Waals surface area (Å²) in [5.74, 6) is -0.988. The Balaban J connectivity index is 2.45. The van der Waals surface area contributed by atoms with Crippen LogP contribution in [0.15, 0.2) is 0 Å². The number of hydrogen-bond acceptors (Lipinski definition) is 3. The summed E-state index contributed by atoms with van der Waals surface area (Å²) in [6, 6.07) is -0.344. The Kier molecular flexibility index (Phi) is 1.66. The molecule has 1 fully saturated rings. The van der Waals surface area contributed by atoms with Gasteiger partial charge in [-0.15, -0.1) is 0 Å². The summed E-state index contributed by atoms with van der Waals surface area (Å²) in [5, 5.41) is 17.7. The molecular formula is C6H11NO3. The summed E-state index contributed by atoms with van der Waals surface area (Å²) in [4.78, 5) is 10.1. The minimum atomic E-state index is -1.12. The number of hydrogen-bond donors (Lipinski definition) is 3. The zero-order chi connectivity index (χ0) is 7.78. The van der Waals surface area contributed by atoms with E-state index in [9.17, 15) is 9.90 Å². The standard InChI is InChI=1S/C6H11NO3/c7-4-1-2-6(4,10)3-5(8)9/h4,10H,1-3,7H2,(H,8,9)/t4-,6-/m1/s1. The largest absolute Gasteiger partial charge is 0.481 e. The molecular weight excluding hydrogens is 134 g/mol. The fourth-order valence-corrected chi connectivity index (χ4v) is 1.13. The van der Waals surface area contributed by atoms with Crippen molar-refractivity contribution in [3.8, 4) is 0 Å². The normalized spacial score (nSPS) is 38.8. The van der Waals surface area contributed by atoms with E-state index in [2.05, 4.69) is 0 Å². The van der Waals surface area contributed by atoms with Gasteiger partial charge in [-0.2, -0.15) is 0 Å². The van der Waals surface area contributed by atoms with Gasteiger partial charge in [-0.25, -0.2) is 0 Å². The Labute approximate surface area is 58.6 Å². The van der Waals surface area contributed by atoms with Crippen LogP contribution in [0.1, 0.15) is 19.3 Å². The van der Waals surface area contributed by atoms with E-state index in [-0.39, 0.29) is 12.5 Å². The zero-order valence-corrected chi connectivity index (χ0v) is 5.58. The van der Waals surface area contributed by atoms with Crippen molar-refractivity contribution in [1.82, 2.24) is 0 Å². The zero-order valence-electron chi connectivity index (χ0n) is 5.58. The first-order valence-corrected chi connectivity index (χ1v) is 3.24. The van der Waals surface area contributed by atoms with Crippen molar-refractivity contribution >= 4 is 5.97 Å². The Hall–Kier alpha value is -0.610. The van der Waals surface area contributed by atoms with Crippen LogP contribution in [0.3, 0.4) is 0 Å². The average Bonchev–Trinajstić information content (AvgIpc) is 1.84. The van der Waals surface area contributed by atoms with Gasteiger partial charge in [0.2, 0.25) is 0 Å². The molecule has 0 saturated heterocycles. The van der Waals surface area contributed by atoms with Crippen molar-refractivity contribution in [2.24, 2.45) is 5.73 Å². The monoisotopic (exact) mass is 145 g/mol. The topological polar surface area (TPSA) is 83.5 Å². The molecule has 58 valence electrons. The molecule has 2 atom stereocenters. The first-order chi connectivity index (χ1) is 4.54. The molecule has 0 radical (unpaired) electrons. The summed E-state index contributed by atoms with van der Waals surface area (Å²) in [6.45, 7) is 0. The minimum Gasteiger partial charge on any atom is -0.481 e. The van der Waals surface area contributed by atoms with Crippen molar-refractivity contribution in [1.29, 1.82) is 0 Å². The molecule has 0 aromatic heterocycles. The molecule has 10 heavy (non-hydrogen) atoms.